The fourth-order valence-corrected chi connectivity index (χ4v) is 3.86. The zero-order valence-corrected chi connectivity index (χ0v) is 14.7. The molecule has 2 rings (SSSR count). The van der Waals surface area contributed by atoms with Crippen LogP contribution >= 0.6 is 11.6 Å². The molecule has 1 atom stereocenters. The highest BCUT2D eigenvalue weighted by Gasteiger charge is 2.18. The van der Waals surface area contributed by atoms with Gasteiger partial charge in [0.1, 0.15) is 5.75 Å². The van der Waals surface area contributed by atoms with E-state index >= 15 is 0 Å². The fourth-order valence-electron chi connectivity index (χ4n) is 2.23. The van der Waals surface area contributed by atoms with Crippen LogP contribution in [0.15, 0.2) is 53.4 Å². The van der Waals surface area contributed by atoms with Crippen molar-refractivity contribution in [3.63, 3.8) is 0 Å². The van der Waals surface area contributed by atoms with Gasteiger partial charge in [0.2, 0.25) is 10.0 Å². The number of sulfonamides is 1. The summed E-state index contributed by atoms with van der Waals surface area (Å²) in [7, 11) is -2.12. The Morgan fingerprint density at radius 1 is 1.17 bits per heavy atom. The minimum atomic E-state index is -3.60. The van der Waals surface area contributed by atoms with Crippen LogP contribution in [0.25, 0.3) is 0 Å². The fraction of sp³-hybridized carbons (Fsp3) is 0.294. The number of aryl methyl sites for hydroxylation is 1. The van der Waals surface area contributed by atoms with E-state index in [1.54, 1.807) is 6.07 Å². The topological polar surface area (TPSA) is 55.4 Å². The molecule has 0 aliphatic carbocycles. The molecule has 0 radical (unpaired) electrons. The predicted molar refractivity (Wildman–Crippen MR) is 92.6 cm³/mol. The van der Waals surface area contributed by atoms with Crippen LogP contribution in [0.1, 0.15) is 18.9 Å². The monoisotopic (exact) mass is 353 g/mol. The lowest BCUT2D eigenvalue weighted by atomic mass is 10.1. The van der Waals surface area contributed by atoms with Gasteiger partial charge < -0.3 is 4.74 Å². The summed E-state index contributed by atoms with van der Waals surface area (Å²) < 4.78 is 32.5. The normalized spacial score (nSPS) is 12.8. The summed E-state index contributed by atoms with van der Waals surface area (Å²) in [4.78, 5) is 0.134. The Morgan fingerprint density at radius 2 is 1.87 bits per heavy atom. The lowest BCUT2D eigenvalue weighted by Gasteiger charge is -2.15. The molecule has 2 aromatic carbocycles. The van der Waals surface area contributed by atoms with Gasteiger partial charge >= 0.3 is 0 Å². The lowest BCUT2D eigenvalue weighted by molar-refractivity contribution is 0.414. The van der Waals surface area contributed by atoms with Crippen molar-refractivity contribution < 1.29 is 13.2 Å². The first-order valence-electron chi connectivity index (χ1n) is 7.32. The Hall–Kier alpha value is -1.56. The van der Waals surface area contributed by atoms with Crippen LogP contribution in [0, 0.1) is 0 Å². The average molecular weight is 354 g/mol. The highest BCUT2D eigenvalue weighted by molar-refractivity contribution is 7.89. The molecule has 2 aromatic rings. The molecule has 6 heteroatoms. The molecule has 0 saturated heterocycles. The maximum Gasteiger partial charge on any atom is 0.240 e. The molecule has 0 heterocycles. The number of ether oxygens (including phenoxy) is 1. The van der Waals surface area contributed by atoms with Crippen molar-refractivity contribution in [2.75, 3.05) is 7.11 Å². The molecular formula is C17H20ClNO3S. The number of benzene rings is 2. The van der Waals surface area contributed by atoms with Gasteiger partial charge in [-0.05, 0) is 43.5 Å². The number of hydrogen-bond acceptors (Lipinski definition) is 3. The van der Waals surface area contributed by atoms with E-state index in [2.05, 4.69) is 4.72 Å². The van der Waals surface area contributed by atoms with Crippen molar-refractivity contribution in [2.24, 2.45) is 0 Å². The smallest absolute Gasteiger partial charge is 0.240 e. The quantitative estimate of drug-likeness (QED) is 0.826. The van der Waals surface area contributed by atoms with Crippen molar-refractivity contribution >= 4 is 21.6 Å². The van der Waals surface area contributed by atoms with Crippen molar-refractivity contribution in [1.29, 1.82) is 0 Å². The summed E-state index contributed by atoms with van der Waals surface area (Å²) in [5.74, 6) is 0.447. The molecule has 0 saturated carbocycles. The third kappa shape index (κ3) is 4.96. The van der Waals surface area contributed by atoms with Gasteiger partial charge in [0, 0.05) is 6.04 Å². The third-order valence-corrected chi connectivity index (χ3v) is 5.38. The molecule has 0 fully saturated rings. The van der Waals surface area contributed by atoms with Gasteiger partial charge in [0.05, 0.1) is 17.0 Å². The van der Waals surface area contributed by atoms with Crippen molar-refractivity contribution in [2.45, 2.75) is 30.7 Å². The first kappa shape index (κ1) is 17.8. The van der Waals surface area contributed by atoms with Crippen molar-refractivity contribution in [3.8, 4) is 5.75 Å². The van der Waals surface area contributed by atoms with Gasteiger partial charge in [0.15, 0.2) is 0 Å². The second kappa shape index (κ2) is 7.81. The molecule has 0 aromatic heterocycles. The molecule has 0 bridgehead atoms. The Balaban J connectivity index is 2.01. The molecule has 1 N–H and O–H groups in total. The Kier molecular flexibility index (Phi) is 6.04. The minimum absolute atomic E-state index is 0.134. The van der Waals surface area contributed by atoms with Crippen molar-refractivity contribution in [3.05, 3.63) is 59.1 Å². The van der Waals surface area contributed by atoms with E-state index in [4.69, 9.17) is 16.3 Å². The highest BCUT2D eigenvalue weighted by Crippen LogP contribution is 2.27. The van der Waals surface area contributed by atoms with E-state index < -0.39 is 10.0 Å². The minimum Gasteiger partial charge on any atom is -0.495 e. The third-order valence-electron chi connectivity index (χ3n) is 3.50. The summed E-state index contributed by atoms with van der Waals surface area (Å²) in [5, 5.41) is 0.271. The average Bonchev–Trinajstić information content (AvgIpc) is 2.53. The van der Waals surface area contributed by atoms with Crippen LogP contribution in [-0.2, 0) is 16.4 Å². The Bertz CT molecular complexity index is 748. The second-order valence-electron chi connectivity index (χ2n) is 5.34. The molecule has 124 valence electrons. The van der Waals surface area contributed by atoms with E-state index in [1.165, 1.54) is 24.8 Å². The molecule has 0 aliphatic rings. The number of rotatable bonds is 7. The van der Waals surface area contributed by atoms with Crippen LogP contribution in [0.3, 0.4) is 0 Å². The maximum absolute atomic E-state index is 12.4. The predicted octanol–water partition coefficient (Wildman–Crippen LogP) is 3.65. The molecule has 0 unspecified atom stereocenters. The molecule has 0 aliphatic heterocycles. The lowest BCUT2D eigenvalue weighted by Crippen LogP contribution is -2.32. The van der Waals surface area contributed by atoms with Gasteiger partial charge in [-0.25, -0.2) is 13.1 Å². The molecule has 0 spiro atoms. The largest absolute Gasteiger partial charge is 0.495 e. The zero-order valence-electron chi connectivity index (χ0n) is 13.1. The van der Waals surface area contributed by atoms with E-state index in [0.29, 0.717) is 12.2 Å². The van der Waals surface area contributed by atoms with Crippen LogP contribution in [-0.4, -0.2) is 21.6 Å². The van der Waals surface area contributed by atoms with Gasteiger partial charge in [0.25, 0.3) is 0 Å². The van der Waals surface area contributed by atoms with Crippen LogP contribution in [0.5, 0.6) is 5.75 Å². The summed E-state index contributed by atoms with van der Waals surface area (Å²) in [6.07, 6.45) is 1.53. The SMILES string of the molecule is COc1ccc(S(=O)(=O)N[C@H](C)CCc2ccccc2)cc1Cl. The van der Waals surface area contributed by atoms with Gasteiger partial charge in [-0.1, -0.05) is 41.9 Å². The Labute approximate surface area is 142 Å². The summed E-state index contributed by atoms with van der Waals surface area (Å²) in [6, 6.07) is 14.2. The van der Waals surface area contributed by atoms with Crippen LogP contribution < -0.4 is 9.46 Å². The second-order valence-corrected chi connectivity index (χ2v) is 7.46. The van der Waals surface area contributed by atoms with Gasteiger partial charge in [-0.3, -0.25) is 0 Å². The Morgan fingerprint density at radius 3 is 2.48 bits per heavy atom. The molecule has 0 amide bonds. The van der Waals surface area contributed by atoms with Crippen LogP contribution in [0.4, 0.5) is 0 Å². The van der Waals surface area contributed by atoms with Gasteiger partial charge in [-0.2, -0.15) is 0 Å². The number of methoxy groups -OCH3 is 1. The number of halogens is 1. The molecule has 23 heavy (non-hydrogen) atoms. The maximum atomic E-state index is 12.4. The van der Waals surface area contributed by atoms with E-state index in [9.17, 15) is 8.42 Å². The summed E-state index contributed by atoms with van der Waals surface area (Å²) in [5.41, 5.74) is 1.19. The summed E-state index contributed by atoms with van der Waals surface area (Å²) in [6.45, 7) is 1.85. The summed E-state index contributed by atoms with van der Waals surface area (Å²) >= 11 is 6.00. The number of nitrogens with one attached hydrogen (secondary N) is 1. The van der Waals surface area contributed by atoms with Crippen molar-refractivity contribution in [1.82, 2.24) is 4.72 Å². The van der Waals surface area contributed by atoms with E-state index in [0.717, 1.165) is 6.42 Å². The van der Waals surface area contributed by atoms with Gasteiger partial charge in [-0.15, -0.1) is 0 Å². The van der Waals surface area contributed by atoms with E-state index in [1.807, 2.05) is 37.3 Å². The van der Waals surface area contributed by atoms with Crippen LogP contribution in [0.2, 0.25) is 5.02 Å². The first-order valence-corrected chi connectivity index (χ1v) is 9.18. The molecule has 4 nitrogen and oxygen atoms in total. The zero-order chi connectivity index (χ0) is 16.9. The van der Waals surface area contributed by atoms with E-state index in [-0.39, 0.29) is 16.0 Å². The molecular weight excluding hydrogens is 334 g/mol. The first-order chi connectivity index (χ1) is 10.9. The number of hydrogen-bond donors (Lipinski definition) is 1. The highest BCUT2D eigenvalue weighted by atomic mass is 35.5. The standard InChI is InChI=1S/C17H20ClNO3S/c1-13(8-9-14-6-4-3-5-7-14)19-23(20,21)15-10-11-17(22-2)16(18)12-15/h3-7,10-13,19H,8-9H2,1-2H3/t13-/m1/s1.